The first kappa shape index (κ1) is 13.2. The average Bonchev–Trinajstić information content (AvgIpc) is 2.39. The predicted molar refractivity (Wildman–Crippen MR) is 70.0 cm³/mol. The summed E-state index contributed by atoms with van der Waals surface area (Å²) >= 11 is 0. The third-order valence-corrected chi connectivity index (χ3v) is 2.55. The molecule has 0 aliphatic heterocycles. The van der Waals surface area contributed by atoms with E-state index in [-0.39, 0.29) is 0 Å². The maximum Gasteiger partial charge on any atom is 0.159 e. The van der Waals surface area contributed by atoms with Gasteiger partial charge in [-0.05, 0) is 24.6 Å². The van der Waals surface area contributed by atoms with Crippen molar-refractivity contribution >= 4 is 11.6 Å². The lowest BCUT2D eigenvalue weighted by molar-refractivity contribution is 0.507. The zero-order valence-electron chi connectivity index (χ0n) is 10.7. The van der Waals surface area contributed by atoms with Crippen LogP contribution in [0.2, 0.25) is 0 Å². The smallest absolute Gasteiger partial charge is 0.159 e. The summed E-state index contributed by atoms with van der Waals surface area (Å²) in [5.74, 6) is 0.245. The number of nitrogens with zero attached hydrogens (tertiary/aromatic N) is 2. The van der Waals surface area contributed by atoms with Crippen LogP contribution < -0.4 is 10.6 Å². The maximum absolute atomic E-state index is 13.0. The summed E-state index contributed by atoms with van der Waals surface area (Å²) in [4.78, 5) is 8.37. The number of benzene rings is 1. The number of anilines is 2. The number of aromatic nitrogens is 2. The molecule has 2 N–H and O–H groups in total. The largest absolute Gasteiger partial charge is 0.373 e. The second kappa shape index (κ2) is 5.60. The van der Waals surface area contributed by atoms with Crippen LogP contribution in [0.3, 0.4) is 0 Å². The van der Waals surface area contributed by atoms with Crippen molar-refractivity contribution < 1.29 is 8.78 Å². The van der Waals surface area contributed by atoms with E-state index >= 15 is 0 Å². The Morgan fingerprint density at radius 3 is 2.47 bits per heavy atom. The maximum atomic E-state index is 13.0. The van der Waals surface area contributed by atoms with Gasteiger partial charge in [-0.25, -0.2) is 18.7 Å². The molecule has 0 atom stereocenters. The summed E-state index contributed by atoms with van der Waals surface area (Å²) in [7, 11) is 1.76. The van der Waals surface area contributed by atoms with Crippen LogP contribution in [-0.4, -0.2) is 17.0 Å². The number of hydrogen-bond acceptors (Lipinski definition) is 4. The molecule has 19 heavy (non-hydrogen) atoms. The molecule has 0 aliphatic rings. The van der Waals surface area contributed by atoms with Crippen molar-refractivity contribution in [2.75, 3.05) is 17.7 Å². The van der Waals surface area contributed by atoms with Crippen molar-refractivity contribution in [2.24, 2.45) is 0 Å². The van der Waals surface area contributed by atoms with Gasteiger partial charge in [0.15, 0.2) is 11.6 Å². The van der Waals surface area contributed by atoms with Crippen LogP contribution in [-0.2, 0) is 6.54 Å². The van der Waals surface area contributed by atoms with Gasteiger partial charge in [0.1, 0.15) is 17.5 Å². The lowest BCUT2D eigenvalue weighted by Crippen LogP contribution is -2.05. The molecule has 2 rings (SSSR count). The lowest BCUT2D eigenvalue weighted by atomic mass is 10.2. The van der Waals surface area contributed by atoms with E-state index in [0.29, 0.717) is 29.6 Å². The Labute approximate surface area is 109 Å². The van der Waals surface area contributed by atoms with Crippen LogP contribution in [0.25, 0.3) is 0 Å². The van der Waals surface area contributed by atoms with Crippen molar-refractivity contribution in [1.82, 2.24) is 9.97 Å². The van der Waals surface area contributed by atoms with E-state index in [1.54, 1.807) is 20.0 Å². The minimum absolute atomic E-state index is 0.358. The summed E-state index contributed by atoms with van der Waals surface area (Å²) in [5, 5.41) is 5.97. The second-order valence-electron chi connectivity index (χ2n) is 4.04. The SMILES string of the molecule is CNc1cc(NCc2ccc(F)c(F)c2)nc(C)n1. The molecule has 0 spiro atoms. The Hall–Kier alpha value is -2.24. The molecule has 100 valence electrons. The van der Waals surface area contributed by atoms with Gasteiger partial charge in [-0.2, -0.15) is 0 Å². The van der Waals surface area contributed by atoms with Crippen molar-refractivity contribution in [3.05, 3.63) is 47.3 Å². The first-order chi connectivity index (χ1) is 9.08. The fraction of sp³-hybridized carbons (Fsp3) is 0.231. The van der Waals surface area contributed by atoms with E-state index in [0.717, 1.165) is 12.1 Å². The fourth-order valence-electron chi connectivity index (χ4n) is 1.63. The molecule has 4 nitrogen and oxygen atoms in total. The fourth-order valence-corrected chi connectivity index (χ4v) is 1.63. The van der Waals surface area contributed by atoms with Gasteiger partial charge in [0.25, 0.3) is 0 Å². The van der Waals surface area contributed by atoms with Gasteiger partial charge in [-0.3, -0.25) is 0 Å². The highest BCUT2D eigenvalue weighted by atomic mass is 19.2. The highest BCUT2D eigenvalue weighted by molar-refractivity contribution is 5.47. The Morgan fingerprint density at radius 2 is 1.79 bits per heavy atom. The molecule has 0 saturated carbocycles. The average molecular weight is 264 g/mol. The molecule has 1 heterocycles. The minimum atomic E-state index is -0.853. The van der Waals surface area contributed by atoms with Crippen LogP contribution in [0.1, 0.15) is 11.4 Å². The van der Waals surface area contributed by atoms with Crippen LogP contribution in [0, 0.1) is 18.6 Å². The third-order valence-electron chi connectivity index (χ3n) is 2.55. The quantitative estimate of drug-likeness (QED) is 0.891. The molecule has 0 bridgehead atoms. The third kappa shape index (κ3) is 3.37. The van der Waals surface area contributed by atoms with E-state index < -0.39 is 11.6 Å². The monoisotopic (exact) mass is 264 g/mol. The molecule has 0 fully saturated rings. The zero-order valence-corrected chi connectivity index (χ0v) is 10.7. The van der Waals surface area contributed by atoms with Crippen molar-refractivity contribution in [3.63, 3.8) is 0 Å². The second-order valence-corrected chi connectivity index (χ2v) is 4.04. The number of aryl methyl sites for hydroxylation is 1. The van der Waals surface area contributed by atoms with Crippen molar-refractivity contribution in [2.45, 2.75) is 13.5 Å². The first-order valence-corrected chi connectivity index (χ1v) is 5.79. The van der Waals surface area contributed by atoms with E-state index in [1.165, 1.54) is 6.07 Å². The van der Waals surface area contributed by atoms with E-state index in [1.807, 2.05) is 0 Å². The Balaban J connectivity index is 2.09. The van der Waals surface area contributed by atoms with Gasteiger partial charge in [-0.1, -0.05) is 6.07 Å². The highest BCUT2D eigenvalue weighted by Crippen LogP contribution is 2.13. The van der Waals surface area contributed by atoms with Gasteiger partial charge in [-0.15, -0.1) is 0 Å². The predicted octanol–water partition coefficient (Wildman–Crippen LogP) is 2.72. The van der Waals surface area contributed by atoms with Crippen LogP contribution in [0.5, 0.6) is 0 Å². The molecular formula is C13H14F2N4. The summed E-state index contributed by atoms with van der Waals surface area (Å²) < 4.78 is 25.8. The normalized spacial score (nSPS) is 10.3. The van der Waals surface area contributed by atoms with Crippen molar-refractivity contribution in [3.8, 4) is 0 Å². The molecule has 0 radical (unpaired) electrons. The molecule has 1 aromatic carbocycles. The Kier molecular flexibility index (Phi) is 3.89. The molecule has 2 aromatic rings. The first-order valence-electron chi connectivity index (χ1n) is 5.79. The lowest BCUT2D eigenvalue weighted by Gasteiger charge is -2.08. The summed E-state index contributed by atoms with van der Waals surface area (Å²) in [6, 6.07) is 5.54. The van der Waals surface area contributed by atoms with Gasteiger partial charge in [0, 0.05) is 19.7 Å². The standard InChI is InChI=1S/C13H14F2N4/c1-8-18-12(16-2)6-13(19-8)17-7-9-3-4-10(14)11(15)5-9/h3-6H,7H2,1-2H3,(H2,16,17,18,19). The summed E-state index contributed by atoms with van der Waals surface area (Å²) in [6.07, 6.45) is 0. The van der Waals surface area contributed by atoms with E-state index in [2.05, 4.69) is 20.6 Å². The van der Waals surface area contributed by atoms with E-state index in [9.17, 15) is 8.78 Å². The Morgan fingerprint density at radius 1 is 1.05 bits per heavy atom. The van der Waals surface area contributed by atoms with Crippen LogP contribution >= 0.6 is 0 Å². The zero-order chi connectivity index (χ0) is 13.8. The Bertz CT molecular complexity index is 587. The molecular weight excluding hydrogens is 250 g/mol. The highest BCUT2D eigenvalue weighted by Gasteiger charge is 2.04. The molecule has 0 amide bonds. The number of halogens is 2. The minimum Gasteiger partial charge on any atom is -0.373 e. The van der Waals surface area contributed by atoms with Crippen LogP contribution in [0.15, 0.2) is 24.3 Å². The van der Waals surface area contributed by atoms with Gasteiger partial charge >= 0.3 is 0 Å². The number of hydrogen-bond donors (Lipinski definition) is 2. The van der Waals surface area contributed by atoms with Gasteiger partial charge in [0.05, 0.1) is 0 Å². The topological polar surface area (TPSA) is 49.8 Å². The van der Waals surface area contributed by atoms with Gasteiger partial charge < -0.3 is 10.6 Å². The summed E-state index contributed by atoms with van der Waals surface area (Å²) in [5.41, 5.74) is 0.640. The number of rotatable bonds is 4. The molecule has 0 unspecified atom stereocenters. The van der Waals surface area contributed by atoms with Gasteiger partial charge in [0.2, 0.25) is 0 Å². The van der Waals surface area contributed by atoms with Crippen molar-refractivity contribution in [1.29, 1.82) is 0 Å². The van der Waals surface area contributed by atoms with E-state index in [4.69, 9.17) is 0 Å². The number of nitrogens with one attached hydrogen (secondary N) is 2. The molecule has 0 aliphatic carbocycles. The van der Waals surface area contributed by atoms with Crippen LogP contribution in [0.4, 0.5) is 20.4 Å². The molecule has 1 aromatic heterocycles. The molecule has 6 heteroatoms. The summed E-state index contributed by atoms with van der Waals surface area (Å²) in [6.45, 7) is 2.14. The molecule has 0 saturated heterocycles.